The van der Waals surface area contributed by atoms with E-state index in [0.29, 0.717) is 0 Å². The van der Waals surface area contributed by atoms with E-state index < -0.39 is 6.10 Å². The number of allylic oxidation sites excluding steroid dienone is 4. The third-order valence-corrected chi connectivity index (χ3v) is 2.44. The van der Waals surface area contributed by atoms with Crippen LogP contribution in [0.4, 0.5) is 0 Å². The zero-order valence-electron chi connectivity index (χ0n) is 10.5. The van der Waals surface area contributed by atoms with Crippen molar-refractivity contribution in [1.29, 1.82) is 0 Å². The van der Waals surface area contributed by atoms with Gasteiger partial charge < -0.3 is 5.11 Å². The Hall–Kier alpha value is -1.60. The van der Waals surface area contributed by atoms with Gasteiger partial charge >= 0.3 is 0 Å². The van der Waals surface area contributed by atoms with Crippen LogP contribution < -0.4 is 0 Å². The molecule has 1 N–H and O–H groups in total. The Balaban J connectivity index is 0.000000686. The van der Waals surface area contributed by atoms with Crippen molar-refractivity contribution in [2.24, 2.45) is 0 Å². The fourth-order valence-electron chi connectivity index (χ4n) is 1.61. The van der Waals surface area contributed by atoms with Crippen LogP contribution in [-0.2, 0) is 0 Å². The second-order valence-electron chi connectivity index (χ2n) is 3.55. The molecule has 1 aromatic rings. The average Bonchev–Trinajstić information content (AvgIpc) is 2.70. The van der Waals surface area contributed by atoms with Gasteiger partial charge in [-0.25, -0.2) is 0 Å². The average molecular weight is 228 g/mol. The lowest BCUT2D eigenvalue weighted by molar-refractivity contribution is 0.219. The number of benzene rings is 1. The van der Waals surface area contributed by atoms with Gasteiger partial charge in [0.1, 0.15) is 6.10 Å². The first kappa shape index (κ1) is 13.5. The fraction of sp³-hybridized carbons (Fsp3) is 0.250. The Labute approximate surface area is 104 Å². The van der Waals surface area contributed by atoms with Crippen LogP contribution >= 0.6 is 0 Å². The molecule has 0 heterocycles. The molecule has 0 saturated carbocycles. The van der Waals surface area contributed by atoms with Crippen LogP contribution in [0.25, 0.3) is 0 Å². The first-order valence-electron chi connectivity index (χ1n) is 6.14. The summed E-state index contributed by atoms with van der Waals surface area (Å²) in [6, 6.07) is 9.71. The van der Waals surface area contributed by atoms with Crippen LogP contribution in [0.3, 0.4) is 0 Å². The van der Waals surface area contributed by atoms with Gasteiger partial charge in [0.05, 0.1) is 0 Å². The summed E-state index contributed by atoms with van der Waals surface area (Å²) in [5.41, 5.74) is 1.87. The number of hydrogen-bond donors (Lipinski definition) is 1. The summed E-state index contributed by atoms with van der Waals surface area (Å²) in [4.78, 5) is 0. The SMILES string of the molecule is CC.OC(C1=CC=CCC=C1)c1ccccc1. The molecule has 0 aliphatic heterocycles. The highest BCUT2D eigenvalue weighted by Crippen LogP contribution is 2.23. The first-order valence-corrected chi connectivity index (χ1v) is 6.14. The van der Waals surface area contributed by atoms with Gasteiger partial charge in [-0.1, -0.05) is 74.6 Å². The molecule has 0 bridgehead atoms. The maximum Gasteiger partial charge on any atom is 0.104 e. The van der Waals surface area contributed by atoms with Crippen LogP contribution in [0.5, 0.6) is 0 Å². The highest BCUT2D eigenvalue weighted by molar-refractivity contribution is 5.36. The molecular formula is C16H20O. The minimum absolute atomic E-state index is 0.523. The summed E-state index contributed by atoms with van der Waals surface area (Å²) >= 11 is 0. The van der Waals surface area contributed by atoms with Crippen molar-refractivity contribution in [2.45, 2.75) is 26.4 Å². The van der Waals surface area contributed by atoms with Crippen molar-refractivity contribution in [3.63, 3.8) is 0 Å². The van der Waals surface area contributed by atoms with Crippen LogP contribution in [0.1, 0.15) is 31.9 Å². The van der Waals surface area contributed by atoms with E-state index in [1.54, 1.807) is 0 Å². The molecule has 0 spiro atoms. The maximum absolute atomic E-state index is 10.1. The molecule has 1 atom stereocenters. The molecule has 0 aromatic heterocycles. The summed E-state index contributed by atoms with van der Waals surface area (Å²) in [6.07, 6.45) is 10.5. The fourth-order valence-corrected chi connectivity index (χ4v) is 1.61. The topological polar surface area (TPSA) is 20.2 Å². The van der Waals surface area contributed by atoms with E-state index in [-0.39, 0.29) is 0 Å². The van der Waals surface area contributed by atoms with Gasteiger partial charge in [-0.15, -0.1) is 0 Å². The molecule has 90 valence electrons. The number of aliphatic hydroxyl groups is 1. The van der Waals surface area contributed by atoms with Gasteiger partial charge in [-0.2, -0.15) is 0 Å². The molecule has 1 aromatic carbocycles. The van der Waals surface area contributed by atoms with E-state index in [9.17, 15) is 5.11 Å². The van der Waals surface area contributed by atoms with Crippen molar-refractivity contribution < 1.29 is 5.11 Å². The molecular weight excluding hydrogens is 208 g/mol. The summed E-state index contributed by atoms with van der Waals surface area (Å²) in [6.45, 7) is 4.00. The second-order valence-corrected chi connectivity index (χ2v) is 3.55. The van der Waals surface area contributed by atoms with Gasteiger partial charge in [-0.3, -0.25) is 0 Å². The third kappa shape index (κ3) is 4.04. The summed E-state index contributed by atoms with van der Waals surface area (Å²) in [5.74, 6) is 0. The van der Waals surface area contributed by atoms with Crippen LogP contribution in [-0.4, -0.2) is 5.11 Å². The molecule has 17 heavy (non-hydrogen) atoms. The first-order chi connectivity index (χ1) is 8.38. The van der Waals surface area contributed by atoms with Crippen molar-refractivity contribution >= 4 is 0 Å². The van der Waals surface area contributed by atoms with Crippen molar-refractivity contribution in [3.05, 3.63) is 71.8 Å². The lowest BCUT2D eigenvalue weighted by atomic mass is 10.0. The Bertz CT molecular complexity index is 399. The van der Waals surface area contributed by atoms with Gasteiger partial charge in [-0.05, 0) is 17.6 Å². The molecule has 0 saturated heterocycles. The smallest absolute Gasteiger partial charge is 0.104 e. The van der Waals surface area contributed by atoms with Crippen LogP contribution in [0.15, 0.2) is 66.3 Å². The lowest BCUT2D eigenvalue weighted by Gasteiger charge is -2.11. The minimum Gasteiger partial charge on any atom is -0.384 e. The predicted molar refractivity (Wildman–Crippen MR) is 73.7 cm³/mol. The van der Waals surface area contributed by atoms with E-state index in [0.717, 1.165) is 17.6 Å². The number of rotatable bonds is 2. The van der Waals surface area contributed by atoms with Gasteiger partial charge in [0, 0.05) is 0 Å². The van der Waals surface area contributed by atoms with Crippen molar-refractivity contribution in [1.82, 2.24) is 0 Å². The largest absolute Gasteiger partial charge is 0.384 e. The molecule has 0 amide bonds. The Morgan fingerprint density at radius 3 is 2.47 bits per heavy atom. The summed E-state index contributed by atoms with van der Waals surface area (Å²) in [7, 11) is 0. The van der Waals surface area contributed by atoms with E-state index >= 15 is 0 Å². The highest BCUT2D eigenvalue weighted by Gasteiger charge is 2.09. The Kier molecular flexibility index (Phi) is 6.05. The van der Waals surface area contributed by atoms with E-state index in [1.807, 2.05) is 62.4 Å². The highest BCUT2D eigenvalue weighted by atomic mass is 16.3. The van der Waals surface area contributed by atoms with Crippen molar-refractivity contribution in [2.75, 3.05) is 0 Å². The van der Waals surface area contributed by atoms with E-state index in [2.05, 4.69) is 12.2 Å². The quantitative estimate of drug-likeness (QED) is 0.804. The van der Waals surface area contributed by atoms with Gasteiger partial charge in [0.2, 0.25) is 0 Å². The standard InChI is InChI=1S/C14H14O.C2H6/c15-14(13-10-6-3-7-11-13)12-8-4-1-2-5-9-12;1-2/h1,3-11,14-15H,2H2;1-2H3. The molecule has 2 rings (SSSR count). The lowest BCUT2D eigenvalue weighted by Crippen LogP contribution is -1.98. The molecule has 1 aliphatic carbocycles. The zero-order valence-corrected chi connectivity index (χ0v) is 10.5. The minimum atomic E-state index is -0.523. The second kappa shape index (κ2) is 7.64. The van der Waals surface area contributed by atoms with E-state index in [1.165, 1.54) is 0 Å². The molecule has 1 unspecified atom stereocenters. The maximum atomic E-state index is 10.1. The molecule has 1 nitrogen and oxygen atoms in total. The summed E-state index contributed by atoms with van der Waals surface area (Å²) in [5, 5.41) is 10.1. The number of hydrogen-bond acceptors (Lipinski definition) is 1. The Morgan fingerprint density at radius 1 is 1.06 bits per heavy atom. The molecule has 1 heteroatoms. The van der Waals surface area contributed by atoms with E-state index in [4.69, 9.17) is 0 Å². The predicted octanol–water partition coefficient (Wildman–Crippen LogP) is 4.19. The van der Waals surface area contributed by atoms with Crippen molar-refractivity contribution in [3.8, 4) is 0 Å². The molecule has 0 fully saturated rings. The van der Waals surface area contributed by atoms with Crippen LogP contribution in [0.2, 0.25) is 0 Å². The van der Waals surface area contributed by atoms with Crippen LogP contribution in [0, 0.1) is 0 Å². The summed E-state index contributed by atoms with van der Waals surface area (Å²) < 4.78 is 0. The third-order valence-electron chi connectivity index (χ3n) is 2.44. The monoisotopic (exact) mass is 228 g/mol. The Morgan fingerprint density at radius 2 is 1.76 bits per heavy atom. The zero-order chi connectivity index (χ0) is 12.5. The van der Waals surface area contributed by atoms with Gasteiger partial charge in [0.25, 0.3) is 0 Å². The number of aliphatic hydroxyl groups excluding tert-OH is 1. The van der Waals surface area contributed by atoms with Gasteiger partial charge in [0.15, 0.2) is 0 Å². The molecule has 0 radical (unpaired) electrons. The molecule has 1 aliphatic rings. The normalized spacial score (nSPS) is 15.4.